The van der Waals surface area contributed by atoms with Gasteiger partial charge in [0.25, 0.3) is 0 Å². The van der Waals surface area contributed by atoms with Crippen molar-refractivity contribution < 1.29 is 21.2 Å². The molecule has 0 unspecified atom stereocenters. The first-order valence-corrected chi connectivity index (χ1v) is 10.9. The summed E-state index contributed by atoms with van der Waals surface area (Å²) in [6.45, 7) is 1.57. The van der Waals surface area contributed by atoms with Crippen LogP contribution in [-0.2, 0) is 25.8 Å². The molecule has 0 aromatic heterocycles. The molecule has 10 heteroatoms. The highest BCUT2D eigenvalue weighted by Crippen LogP contribution is 2.28. The van der Waals surface area contributed by atoms with Gasteiger partial charge in [-0.2, -0.15) is 0 Å². The van der Waals surface area contributed by atoms with Gasteiger partial charge in [-0.1, -0.05) is 23.7 Å². The lowest BCUT2D eigenvalue weighted by Gasteiger charge is -2.14. The molecule has 0 fully saturated rings. The second-order valence-corrected chi connectivity index (χ2v) is 10.2. The maximum Gasteiger partial charge on any atom is 0.242 e. The second kappa shape index (κ2) is 7.51. The molecular formula is C16H18ClFN2O4S2. The number of benzene rings is 2. The molecule has 0 aliphatic carbocycles. The predicted octanol–water partition coefficient (Wildman–Crippen LogP) is 2.98. The Bertz CT molecular complexity index is 1040. The maximum absolute atomic E-state index is 13.6. The van der Waals surface area contributed by atoms with Crippen LogP contribution in [0.1, 0.15) is 11.1 Å². The zero-order valence-corrected chi connectivity index (χ0v) is 16.7. The molecule has 0 spiro atoms. The standard InChI is InChI=1S/C16H18ClFN2O4S2/c1-11-4-5-12(8-15(11)18)10-25(21,22)19-16-9-13(6-7-14(16)17)26(23,24)20(2)3/h4-9,19H,10H2,1-3H3. The Morgan fingerprint density at radius 2 is 1.73 bits per heavy atom. The molecule has 26 heavy (non-hydrogen) atoms. The van der Waals surface area contributed by atoms with Crippen LogP contribution >= 0.6 is 11.6 Å². The Hall–Kier alpha value is -1.68. The SMILES string of the molecule is Cc1ccc(CS(=O)(=O)Nc2cc(S(=O)(=O)N(C)C)ccc2Cl)cc1F. The first kappa shape index (κ1) is 20.6. The summed E-state index contributed by atoms with van der Waals surface area (Å²) < 4.78 is 65.9. The fraction of sp³-hybridized carbons (Fsp3) is 0.250. The summed E-state index contributed by atoms with van der Waals surface area (Å²) >= 11 is 5.99. The van der Waals surface area contributed by atoms with Gasteiger partial charge in [0.05, 0.1) is 21.4 Å². The Morgan fingerprint density at radius 3 is 2.31 bits per heavy atom. The van der Waals surface area contributed by atoms with E-state index >= 15 is 0 Å². The number of sulfonamides is 2. The fourth-order valence-corrected chi connectivity index (χ4v) is 4.45. The largest absolute Gasteiger partial charge is 0.282 e. The van der Waals surface area contributed by atoms with E-state index in [1.54, 1.807) is 6.92 Å². The normalized spacial score (nSPS) is 12.4. The number of aryl methyl sites for hydroxylation is 1. The van der Waals surface area contributed by atoms with E-state index in [0.717, 1.165) is 16.4 Å². The van der Waals surface area contributed by atoms with Crippen molar-refractivity contribution in [2.75, 3.05) is 18.8 Å². The Morgan fingerprint density at radius 1 is 1.08 bits per heavy atom. The molecule has 0 amide bonds. The molecular weight excluding hydrogens is 403 g/mol. The van der Waals surface area contributed by atoms with E-state index in [2.05, 4.69) is 4.72 Å². The van der Waals surface area contributed by atoms with Crippen LogP contribution in [0.25, 0.3) is 0 Å². The third-order valence-electron chi connectivity index (χ3n) is 3.57. The molecule has 0 saturated carbocycles. The third-order valence-corrected chi connectivity index (χ3v) is 6.96. The summed E-state index contributed by atoms with van der Waals surface area (Å²) in [7, 11) is -4.96. The predicted molar refractivity (Wildman–Crippen MR) is 99.7 cm³/mol. The maximum atomic E-state index is 13.6. The van der Waals surface area contributed by atoms with E-state index in [0.29, 0.717) is 5.56 Å². The quantitative estimate of drug-likeness (QED) is 0.778. The van der Waals surface area contributed by atoms with E-state index < -0.39 is 31.6 Å². The summed E-state index contributed by atoms with van der Waals surface area (Å²) in [5.74, 6) is -0.986. The molecule has 0 atom stereocenters. The van der Waals surface area contributed by atoms with Crippen molar-refractivity contribution in [2.45, 2.75) is 17.6 Å². The van der Waals surface area contributed by atoms with Crippen LogP contribution in [0.5, 0.6) is 0 Å². The van der Waals surface area contributed by atoms with Crippen LogP contribution in [0.4, 0.5) is 10.1 Å². The number of anilines is 1. The lowest BCUT2D eigenvalue weighted by Crippen LogP contribution is -2.22. The van der Waals surface area contributed by atoms with E-state index in [-0.39, 0.29) is 21.2 Å². The van der Waals surface area contributed by atoms with Gasteiger partial charge in [0, 0.05) is 14.1 Å². The minimum Gasteiger partial charge on any atom is -0.282 e. The summed E-state index contributed by atoms with van der Waals surface area (Å²) in [5, 5.41) is 0.0429. The van der Waals surface area contributed by atoms with Gasteiger partial charge in [-0.05, 0) is 42.3 Å². The highest BCUT2D eigenvalue weighted by Gasteiger charge is 2.21. The first-order valence-electron chi connectivity index (χ1n) is 7.40. The molecule has 2 aromatic rings. The molecule has 6 nitrogen and oxygen atoms in total. The van der Waals surface area contributed by atoms with Crippen LogP contribution in [0.3, 0.4) is 0 Å². The molecule has 142 valence electrons. The molecule has 0 saturated heterocycles. The van der Waals surface area contributed by atoms with Gasteiger partial charge in [0.2, 0.25) is 20.0 Å². The summed E-state index contributed by atoms with van der Waals surface area (Å²) in [5.41, 5.74) is 0.597. The highest BCUT2D eigenvalue weighted by atomic mass is 35.5. The highest BCUT2D eigenvalue weighted by molar-refractivity contribution is 7.92. The summed E-state index contributed by atoms with van der Waals surface area (Å²) in [6.07, 6.45) is 0. The smallest absolute Gasteiger partial charge is 0.242 e. The number of nitrogens with zero attached hydrogens (tertiary/aromatic N) is 1. The van der Waals surface area contributed by atoms with E-state index in [1.807, 2.05) is 0 Å². The van der Waals surface area contributed by atoms with Gasteiger partial charge in [-0.15, -0.1) is 0 Å². The minimum atomic E-state index is -3.93. The number of hydrogen-bond donors (Lipinski definition) is 1. The molecule has 0 bridgehead atoms. The average Bonchev–Trinajstić information content (AvgIpc) is 2.52. The molecule has 1 N–H and O–H groups in total. The monoisotopic (exact) mass is 420 g/mol. The number of hydrogen-bond acceptors (Lipinski definition) is 4. The molecule has 0 heterocycles. The first-order chi connectivity index (χ1) is 11.9. The van der Waals surface area contributed by atoms with Crippen LogP contribution in [0, 0.1) is 12.7 Å². The summed E-state index contributed by atoms with van der Waals surface area (Å²) in [4.78, 5) is -0.106. The van der Waals surface area contributed by atoms with Crippen molar-refractivity contribution in [3.63, 3.8) is 0 Å². The van der Waals surface area contributed by atoms with Gasteiger partial charge < -0.3 is 0 Å². The van der Waals surface area contributed by atoms with Crippen LogP contribution in [0.2, 0.25) is 5.02 Å². The van der Waals surface area contributed by atoms with Gasteiger partial charge in [0.1, 0.15) is 5.82 Å². The van der Waals surface area contributed by atoms with Gasteiger partial charge in [-0.3, -0.25) is 4.72 Å². The van der Waals surface area contributed by atoms with Crippen molar-refractivity contribution >= 4 is 37.3 Å². The molecule has 2 rings (SSSR count). The lowest BCUT2D eigenvalue weighted by molar-refractivity contribution is 0.520. The van der Waals surface area contributed by atoms with Crippen LogP contribution in [-0.4, -0.2) is 35.2 Å². The second-order valence-electron chi connectivity index (χ2n) is 5.87. The fourth-order valence-electron chi connectivity index (χ4n) is 2.10. The van der Waals surface area contributed by atoms with E-state index in [4.69, 9.17) is 11.6 Å². The van der Waals surface area contributed by atoms with Gasteiger partial charge in [-0.25, -0.2) is 25.5 Å². The molecule has 2 aromatic carbocycles. The minimum absolute atomic E-state index is 0.0429. The molecule has 0 radical (unpaired) electrons. The van der Waals surface area contributed by atoms with E-state index in [9.17, 15) is 21.2 Å². The van der Waals surface area contributed by atoms with Crippen LogP contribution < -0.4 is 4.72 Å². The van der Waals surface area contributed by atoms with Gasteiger partial charge >= 0.3 is 0 Å². The van der Waals surface area contributed by atoms with Gasteiger partial charge in [0.15, 0.2) is 0 Å². The zero-order valence-electron chi connectivity index (χ0n) is 14.3. The topological polar surface area (TPSA) is 83.5 Å². The number of rotatable bonds is 6. The number of halogens is 2. The number of nitrogens with one attached hydrogen (secondary N) is 1. The Balaban J connectivity index is 2.33. The van der Waals surface area contributed by atoms with Crippen molar-refractivity contribution in [1.82, 2.24) is 4.31 Å². The third kappa shape index (κ3) is 4.73. The Labute approximate surface area is 157 Å². The van der Waals surface area contributed by atoms with Crippen molar-refractivity contribution in [2.24, 2.45) is 0 Å². The van der Waals surface area contributed by atoms with Crippen molar-refractivity contribution in [1.29, 1.82) is 0 Å². The molecule has 0 aliphatic heterocycles. The Kier molecular flexibility index (Phi) is 5.96. The van der Waals surface area contributed by atoms with E-state index in [1.165, 1.54) is 38.4 Å². The van der Waals surface area contributed by atoms with Crippen molar-refractivity contribution in [3.8, 4) is 0 Å². The average molecular weight is 421 g/mol. The molecule has 0 aliphatic rings. The lowest BCUT2D eigenvalue weighted by atomic mass is 10.2. The zero-order chi connectivity index (χ0) is 19.7. The summed E-state index contributed by atoms with van der Waals surface area (Å²) in [6, 6.07) is 7.85. The van der Waals surface area contributed by atoms with Crippen LogP contribution in [0.15, 0.2) is 41.3 Å². The van der Waals surface area contributed by atoms with Crippen molar-refractivity contribution in [3.05, 3.63) is 58.4 Å².